The van der Waals surface area contributed by atoms with Gasteiger partial charge in [-0.1, -0.05) is 28.1 Å². The Labute approximate surface area is 77.1 Å². The average Bonchev–Trinajstić information content (AvgIpc) is 2.55. The standard InChI is InChI=1S/C7H15BrO2Si/c1-9-11(8,10-2)7-5-3-4-6-7/h7H,3-6H2,1-2H3. The summed E-state index contributed by atoms with van der Waals surface area (Å²) >= 11 is 3.60. The van der Waals surface area contributed by atoms with Crippen LogP contribution < -0.4 is 0 Å². The van der Waals surface area contributed by atoms with E-state index in [0.717, 1.165) is 0 Å². The third kappa shape index (κ3) is 2.05. The Hall–Kier alpha value is 0.617. The molecule has 1 aliphatic carbocycles. The van der Waals surface area contributed by atoms with E-state index in [0.29, 0.717) is 5.54 Å². The van der Waals surface area contributed by atoms with Gasteiger partial charge >= 0.3 is 7.18 Å². The fourth-order valence-electron chi connectivity index (χ4n) is 1.69. The van der Waals surface area contributed by atoms with E-state index in [1.54, 1.807) is 14.2 Å². The third-order valence-electron chi connectivity index (χ3n) is 2.40. The van der Waals surface area contributed by atoms with E-state index in [2.05, 4.69) is 15.3 Å². The Morgan fingerprint density at radius 3 is 2.00 bits per heavy atom. The molecule has 0 spiro atoms. The lowest BCUT2D eigenvalue weighted by Gasteiger charge is -2.26. The highest BCUT2D eigenvalue weighted by atomic mass is 79.9. The van der Waals surface area contributed by atoms with Crippen LogP contribution in [0.15, 0.2) is 0 Å². The molecule has 4 heteroatoms. The predicted molar refractivity (Wildman–Crippen MR) is 50.9 cm³/mol. The van der Waals surface area contributed by atoms with E-state index in [4.69, 9.17) is 8.85 Å². The summed E-state index contributed by atoms with van der Waals surface area (Å²) in [6.45, 7) is 0. The molecule has 0 radical (unpaired) electrons. The lowest BCUT2D eigenvalue weighted by molar-refractivity contribution is 0.257. The summed E-state index contributed by atoms with van der Waals surface area (Å²) in [5.41, 5.74) is 0.650. The van der Waals surface area contributed by atoms with Crippen molar-refractivity contribution in [2.75, 3.05) is 14.2 Å². The molecule has 1 aliphatic rings. The first-order valence-corrected chi connectivity index (χ1v) is 8.17. The molecule has 1 fully saturated rings. The summed E-state index contributed by atoms with van der Waals surface area (Å²) in [6, 6.07) is 0. The first kappa shape index (κ1) is 9.70. The third-order valence-corrected chi connectivity index (χ3v) is 8.95. The summed E-state index contributed by atoms with van der Waals surface area (Å²) in [4.78, 5) is 0. The van der Waals surface area contributed by atoms with Gasteiger partial charge < -0.3 is 8.85 Å². The molecule has 0 aromatic heterocycles. The largest absolute Gasteiger partial charge is 0.416 e. The normalized spacial score (nSPS) is 21.0. The second-order valence-corrected chi connectivity index (χ2v) is 9.09. The highest BCUT2D eigenvalue weighted by molar-refractivity contribution is 9.25. The van der Waals surface area contributed by atoms with Gasteiger partial charge in [-0.15, -0.1) is 0 Å². The van der Waals surface area contributed by atoms with Crippen molar-refractivity contribution >= 4 is 22.5 Å². The summed E-state index contributed by atoms with van der Waals surface area (Å²) in [6.07, 6.45) is 5.19. The first-order valence-electron chi connectivity index (χ1n) is 4.02. The smallest absolute Gasteiger partial charge is 0.390 e. The molecule has 0 atom stereocenters. The van der Waals surface area contributed by atoms with E-state index < -0.39 is 7.18 Å². The van der Waals surface area contributed by atoms with Gasteiger partial charge in [-0.3, -0.25) is 0 Å². The minimum Gasteiger partial charge on any atom is -0.390 e. The van der Waals surface area contributed by atoms with E-state index in [1.807, 2.05) is 0 Å². The topological polar surface area (TPSA) is 18.5 Å². The number of hydrogen-bond acceptors (Lipinski definition) is 2. The predicted octanol–water partition coefficient (Wildman–Crippen LogP) is 2.56. The second-order valence-electron chi connectivity index (χ2n) is 2.97. The maximum Gasteiger partial charge on any atom is 0.416 e. The average molecular weight is 239 g/mol. The molecule has 0 aromatic carbocycles. The Balaban J connectivity index is 2.52. The molecular weight excluding hydrogens is 224 g/mol. The van der Waals surface area contributed by atoms with Crippen LogP contribution >= 0.6 is 15.3 Å². The lowest BCUT2D eigenvalue weighted by atomic mass is 10.4. The SMILES string of the molecule is CO[Si](Br)(OC)C1CCCC1. The first-order chi connectivity index (χ1) is 5.23. The monoisotopic (exact) mass is 238 g/mol. The van der Waals surface area contributed by atoms with Crippen LogP contribution in [0.25, 0.3) is 0 Å². The summed E-state index contributed by atoms with van der Waals surface area (Å²) < 4.78 is 10.8. The van der Waals surface area contributed by atoms with Gasteiger partial charge in [0.2, 0.25) is 0 Å². The molecule has 0 N–H and O–H groups in total. The molecule has 0 saturated heterocycles. The minimum atomic E-state index is -1.95. The maximum atomic E-state index is 5.40. The van der Waals surface area contributed by atoms with Crippen LogP contribution in [-0.4, -0.2) is 21.4 Å². The van der Waals surface area contributed by atoms with Crippen LogP contribution in [0.4, 0.5) is 0 Å². The minimum absolute atomic E-state index is 0.650. The number of halogens is 1. The van der Waals surface area contributed by atoms with E-state index in [1.165, 1.54) is 25.7 Å². The molecule has 0 amide bonds. The fraction of sp³-hybridized carbons (Fsp3) is 1.00. The molecule has 0 unspecified atom stereocenters. The van der Waals surface area contributed by atoms with Gasteiger partial charge in [0.15, 0.2) is 0 Å². The zero-order valence-corrected chi connectivity index (χ0v) is 9.69. The van der Waals surface area contributed by atoms with E-state index in [-0.39, 0.29) is 0 Å². The Bertz CT molecular complexity index is 122. The summed E-state index contributed by atoms with van der Waals surface area (Å²) in [5.74, 6) is 0. The number of hydrogen-bond donors (Lipinski definition) is 0. The van der Waals surface area contributed by atoms with E-state index >= 15 is 0 Å². The van der Waals surface area contributed by atoms with Gasteiger partial charge in [-0.05, 0) is 12.8 Å². The highest BCUT2D eigenvalue weighted by Crippen LogP contribution is 2.41. The van der Waals surface area contributed by atoms with Crippen molar-refractivity contribution in [3.8, 4) is 0 Å². The quantitative estimate of drug-likeness (QED) is 0.556. The van der Waals surface area contributed by atoms with Gasteiger partial charge in [-0.2, -0.15) is 0 Å². The van der Waals surface area contributed by atoms with Crippen molar-refractivity contribution in [2.45, 2.75) is 31.2 Å². The summed E-state index contributed by atoms with van der Waals surface area (Å²) in [7, 11) is 1.53. The zero-order chi connectivity index (χ0) is 8.32. The van der Waals surface area contributed by atoms with Crippen molar-refractivity contribution in [1.82, 2.24) is 0 Å². The lowest BCUT2D eigenvalue weighted by Crippen LogP contribution is -2.37. The Morgan fingerprint density at radius 2 is 1.64 bits per heavy atom. The highest BCUT2D eigenvalue weighted by Gasteiger charge is 2.43. The maximum absolute atomic E-state index is 5.40. The Kier molecular flexibility index (Phi) is 3.55. The molecular formula is C7H15BrO2Si. The van der Waals surface area contributed by atoms with Gasteiger partial charge in [0, 0.05) is 19.8 Å². The van der Waals surface area contributed by atoms with Crippen LogP contribution in [0, 0.1) is 0 Å². The van der Waals surface area contributed by atoms with Gasteiger partial charge in [0.25, 0.3) is 0 Å². The van der Waals surface area contributed by atoms with Crippen LogP contribution in [0.3, 0.4) is 0 Å². The van der Waals surface area contributed by atoms with Crippen LogP contribution in [0.5, 0.6) is 0 Å². The molecule has 1 saturated carbocycles. The van der Waals surface area contributed by atoms with Crippen molar-refractivity contribution in [1.29, 1.82) is 0 Å². The van der Waals surface area contributed by atoms with Crippen molar-refractivity contribution in [3.63, 3.8) is 0 Å². The van der Waals surface area contributed by atoms with Crippen LogP contribution in [0.2, 0.25) is 5.54 Å². The molecule has 11 heavy (non-hydrogen) atoms. The second kappa shape index (κ2) is 4.03. The van der Waals surface area contributed by atoms with Gasteiger partial charge in [0.05, 0.1) is 0 Å². The van der Waals surface area contributed by atoms with Gasteiger partial charge in [0.1, 0.15) is 0 Å². The molecule has 0 heterocycles. The Morgan fingerprint density at radius 1 is 1.18 bits per heavy atom. The summed E-state index contributed by atoms with van der Waals surface area (Å²) in [5, 5.41) is 0. The zero-order valence-electron chi connectivity index (χ0n) is 7.10. The molecule has 66 valence electrons. The van der Waals surface area contributed by atoms with Crippen molar-refractivity contribution in [2.24, 2.45) is 0 Å². The number of rotatable bonds is 3. The molecule has 0 bridgehead atoms. The molecule has 0 aromatic rings. The molecule has 2 nitrogen and oxygen atoms in total. The van der Waals surface area contributed by atoms with E-state index in [9.17, 15) is 0 Å². The molecule has 1 rings (SSSR count). The van der Waals surface area contributed by atoms with Crippen LogP contribution in [0.1, 0.15) is 25.7 Å². The van der Waals surface area contributed by atoms with Crippen LogP contribution in [-0.2, 0) is 8.85 Å². The van der Waals surface area contributed by atoms with Crippen molar-refractivity contribution in [3.05, 3.63) is 0 Å². The van der Waals surface area contributed by atoms with Crippen molar-refractivity contribution < 1.29 is 8.85 Å². The fourth-order valence-corrected chi connectivity index (χ4v) is 4.99. The molecule has 0 aliphatic heterocycles. The van der Waals surface area contributed by atoms with Gasteiger partial charge in [-0.25, -0.2) is 0 Å².